The van der Waals surface area contributed by atoms with E-state index in [0.717, 1.165) is 34.3 Å². The molecular formula is C41H40N4O8. The molecule has 0 saturated carbocycles. The second-order valence-electron chi connectivity index (χ2n) is 12.8. The number of rotatable bonds is 13. The molecule has 12 nitrogen and oxygen atoms in total. The number of nitrogens with one attached hydrogen (secondary N) is 3. The van der Waals surface area contributed by atoms with Crippen LogP contribution in [0.4, 0.5) is 5.69 Å². The Kier molecular flexibility index (Phi) is 11.2. The van der Waals surface area contributed by atoms with Crippen LogP contribution in [0.1, 0.15) is 71.6 Å². The largest absolute Gasteiger partial charge is 0.508 e. The quantitative estimate of drug-likeness (QED) is 0.0718. The van der Waals surface area contributed by atoms with Gasteiger partial charge in [0.1, 0.15) is 29.9 Å². The van der Waals surface area contributed by atoms with E-state index in [0.29, 0.717) is 22.6 Å². The zero-order valence-electron chi connectivity index (χ0n) is 29.2. The van der Waals surface area contributed by atoms with Crippen LogP contribution in [0.15, 0.2) is 91.0 Å². The van der Waals surface area contributed by atoms with Crippen LogP contribution in [0.25, 0.3) is 11.1 Å². The van der Waals surface area contributed by atoms with Gasteiger partial charge < -0.3 is 30.5 Å². The maximum atomic E-state index is 13.1. The molecule has 0 aromatic heterocycles. The van der Waals surface area contributed by atoms with Crippen LogP contribution < -0.4 is 20.7 Å². The highest BCUT2D eigenvalue weighted by Gasteiger charge is 2.40. The van der Waals surface area contributed by atoms with E-state index in [2.05, 4.69) is 22.9 Å². The van der Waals surface area contributed by atoms with Gasteiger partial charge in [0.15, 0.2) is 0 Å². The van der Waals surface area contributed by atoms with Gasteiger partial charge in [-0.2, -0.15) is 0 Å². The summed E-state index contributed by atoms with van der Waals surface area (Å²) in [4.78, 5) is 63.7. The molecule has 1 fully saturated rings. The Hall–Kier alpha value is -6.43. The Morgan fingerprint density at radius 3 is 2.09 bits per heavy atom. The van der Waals surface area contributed by atoms with Gasteiger partial charge in [-0.05, 0) is 89.2 Å². The summed E-state index contributed by atoms with van der Waals surface area (Å²) in [5.41, 5.74) is 6.30. The molecule has 1 saturated heterocycles. The van der Waals surface area contributed by atoms with Crippen LogP contribution in [-0.2, 0) is 25.7 Å². The Balaban J connectivity index is 0.992. The molecule has 0 spiro atoms. The first-order valence-electron chi connectivity index (χ1n) is 17.5. The van der Waals surface area contributed by atoms with Crippen molar-refractivity contribution in [1.82, 2.24) is 15.5 Å². The number of allylic oxidation sites excluding steroid dienone is 1. The molecule has 53 heavy (non-hydrogen) atoms. The average molecular weight is 717 g/mol. The Morgan fingerprint density at radius 2 is 1.45 bits per heavy atom. The molecule has 0 bridgehead atoms. The smallest absolute Gasteiger partial charge is 0.255 e. The molecule has 2 aliphatic rings. The normalized spacial score (nSPS) is 15.7. The lowest BCUT2D eigenvalue weighted by molar-refractivity contribution is -0.137. The number of fused-ring (bicyclic) bond motifs is 1. The first-order chi connectivity index (χ1) is 25.6. The highest BCUT2D eigenvalue weighted by atomic mass is 16.5. The predicted octanol–water partition coefficient (Wildman–Crippen LogP) is 5.14. The van der Waals surface area contributed by atoms with E-state index in [4.69, 9.17) is 4.74 Å². The van der Waals surface area contributed by atoms with Crippen molar-refractivity contribution in [3.05, 3.63) is 119 Å². The number of phenolic OH excluding ortho intramolecular Hbond substituents is 2. The van der Waals surface area contributed by atoms with Crippen LogP contribution >= 0.6 is 0 Å². The molecule has 0 aliphatic carbocycles. The minimum absolute atomic E-state index is 0.0515. The van der Waals surface area contributed by atoms with Gasteiger partial charge >= 0.3 is 0 Å². The lowest BCUT2D eigenvalue weighted by Crippen LogP contribution is -2.52. The molecule has 1 atom stereocenters. The third-order valence-electron chi connectivity index (χ3n) is 9.30. The second-order valence-corrected chi connectivity index (χ2v) is 12.8. The maximum absolute atomic E-state index is 13.1. The van der Waals surface area contributed by atoms with E-state index in [1.165, 1.54) is 4.90 Å². The molecular weight excluding hydrogens is 676 g/mol. The molecule has 6 rings (SSSR count). The van der Waals surface area contributed by atoms with Crippen LogP contribution in [-0.4, -0.2) is 63.8 Å². The van der Waals surface area contributed by atoms with Crippen molar-refractivity contribution in [2.45, 2.75) is 51.6 Å². The molecule has 0 radical (unpaired) electrons. The van der Waals surface area contributed by atoms with Crippen molar-refractivity contribution in [2.24, 2.45) is 0 Å². The molecule has 5 N–H and O–H groups in total. The number of ether oxygens (including phenoxy) is 1. The van der Waals surface area contributed by atoms with Crippen LogP contribution in [0, 0.1) is 0 Å². The lowest BCUT2D eigenvalue weighted by Gasteiger charge is -2.29. The minimum atomic E-state index is -0.763. The summed E-state index contributed by atoms with van der Waals surface area (Å²) < 4.78 is 5.87. The number of carbonyl (C=O) groups excluding carboxylic acids is 5. The number of phenols is 2. The number of aromatic hydroxyl groups is 2. The first-order valence-corrected chi connectivity index (χ1v) is 17.5. The fourth-order valence-corrected chi connectivity index (χ4v) is 6.64. The summed E-state index contributed by atoms with van der Waals surface area (Å²) in [5.74, 6) is -0.957. The topological polar surface area (TPSA) is 174 Å². The first kappa shape index (κ1) is 36.4. The van der Waals surface area contributed by atoms with Gasteiger partial charge in [0.2, 0.25) is 23.6 Å². The van der Waals surface area contributed by atoms with Crippen molar-refractivity contribution in [2.75, 3.05) is 18.5 Å². The van der Waals surface area contributed by atoms with Crippen molar-refractivity contribution < 1.29 is 38.9 Å². The van der Waals surface area contributed by atoms with E-state index >= 15 is 0 Å². The average Bonchev–Trinajstić information content (AvgIpc) is 3.49. The van der Waals surface area contributed by atoms with E-state index < -0.39 is 17.9 Å². The van der Waals surface area contributed by atoms with Crippen molar-refractivity contribution in [3.8, 4) is 17.2 Å². The SMILES string of the molecule is CCC(=C(c1ccc(O)cc1)c1ccc(OCCNC(=O)CCC(=O)Nc2cccc3c2CN(C2CCC(=O)NC2=O)C3=O)cc1)c1ccc(O)cc1. The monoisotopic (exact) mass is 716 g/mol. The maximum Gasteiger partial charge on any atom is 0.255 e. The summed E-state index contributed by atoms with van der Waals surface area (Å²) in [5, 5.41) is 27.6. The summed E-state index contributed by atoms with van der Waals surface area (Å²) in [6, 6.07) is 25.9. The van der Waals surface area contributed by atoms with Crippen molar-refractivity contribution in [1.29, 1.82) is 0 Å². The summed E-state index contributed by atoms with van der Waals surface area (Å²) in [7, 11) is 0. The Morgan fingerprint density at radius 1 is 0.830 bits per heavy atom. The van der Waals surface area contributed by atoms with Crippen molar-refractivity contribution in [3.63, 3.8) is 0 Å². The number of hydrogen-bond donors (Lipinski definition) is 5. The standard InChI is InChI=1S/C41H40N4O8/c1-2-31(25-6-12-28(46)13-7-25)39(26-8-14-29(47)15-9-26)27-10-16-30(17-11-27)53-23-22-42-36(48)20-21-37(49)43-34-5-3-4-32-33(34)24-45(41(32)52)35-18-19-38(50)44-40(35)51/h3-17,35,46-47H,2,18-24H2,1H3,(H,42,48)(H,43,49)(H,44,50,51). The van der Waals surface area contributed by atoms with Gasteiger partial charge in [0.05, 0.1) is 6.54 Å². The van der Waals surface area contributed by atoms with Gasteiger partial charge in [-0.25, -0.2) is 0 Å². The van der Waals surface area contributed by atoms with E-state index in [1.54, 1.807) is 42.5 Å². The minimum Gasteiger partial charge on any atom is -0.508 e. The lowest BCUT2D eigenvalue weighted by atomic mass is 9.88. The number of piperidine rings is 1. The molecule has 5 amide bonds. The summed E-state index contributed by atoms with van der Waals surface area (Å²) >= 11 is 0. The number of amides is 5. The molecule has 272 valence electrons. The summed E-state index contributed by atoms with van der Waals surface area (Å²) in [6.45, 7) is 2.63. The number of anilines is 1. The third kappa shape index (κ3) is 8.55. The molecule has 12 heteroatoms. The number of nitrogens with zero attached hydrogens (tertiary/aromatic N) is 1. The summed E-state index contributed by atoms with van der Waals surface area (Å²) in [6.07, 6.45) is 0.975. The van der Waals surface area contributed by atoms with Crippen LogP contribution in [0.5, 0.6) is 17.2 Å². The predicted molar refractivity (Wildman–Crippen MR) is 198 cm³/mol. The van der Waals surface area contributed by atoms with E-state index in [9.17, 15) is 34.2 Å². The van der Waals surface area contributed by atoms with Gasteiger partial charge in [-0.3, -0.25) is 29.3 Å². The highest BCUT2D eigenvalue weighted by Crippen LogP contribution is 2.36. The zero-order chi connectivity index (χ0) is 37.5. The zero-order valence-corrected chi connectivity index (χ0v) is 29.2. The fraction of sp³-hybridized carbons (Fsp3) is 0.244. The van der Waals surface area contributed by atoms with Gasteiger partial charge in [0.25, 0.3) is 5.91 Å². The molecule has 2 heterocycles. The van der Waals surface area contributed by atoms with Gasteiger partial charge in [0, 0.05) is 42.6 Å². The van der Waals surface area contributed by atoms with E-state index in [-0.39, 0.29) is 74.6 Å². The molecule has 4 aromatic carbocycles. The van der Waals surface area contributed by atoms with Gasteiger partial charge in [-0.1, -0.05) is 49.4 Å². The van der Waals surface area contributed by atoms with Crippen LogP contribution in [0.3, 0.4) is 0 Å². The van der Waals surface area contributed by atoms with Gasteiger partial charge in [-0.15, -0.1) is 0 Å². The highest BCUT2D eigenvalue weighted by molar-refractivity contribution is 6.07. The molecule has 1 unspecified atom stereocenters. The number of benzene rings is 4. The second kappa shape index (κ2) is 16.3. The molecule has 2 aliphatic heterocycles. The Labute approximate surface area is 306 Å². The Bertz CT molecular complexity index is 2060. The fourth-order valence-electron chi connectivity index (χ4n) is 6.64. The van der Waals surface area contributed by atoms with E-state index in [1.807, 2.05) is 48.5 Å². The van der Waals surface area contributed by atoms with Crippen LogP contribution in [0.2, 0.25) is 0 Å². The number of imide groups is 1. The number of carbonyl (C=O) groups is 5. The molecule has 4 aromatic rings. The number of hydrogen-bond acceptors (Lipinski definition) is 8. The third-order valence-corrected chi connectivity index (χ3v) is 9.30. The van der Waals surface area contributed by atoms with Crippen molar-refractivity contribution >= 4 is 46.4 Å².